The molecule has 0 unspecified atom stereocenters. The van der Waals surface area contributed by atoms with Crippen LogP contribution in [-0.4, -0.2) is 15.2 Å². The number of hydrogen-bond acceptors (Lipinski definition) is 6. The Labute approximate surface area is 205 Å². The smallest absolute Gasteiger partial charge is 0.416 e. The fraction of sp³-hybridized carbons (Fsp3) is 0.0435. The monoisotopic (exact) mass is 520 g/mol. The molecule has 0 bridgehead atoms. The van der Waals surface area contributed by atoms with E-state index in [0.29, 0.717) is 28.3 Å². The third-order valence-corrected chi connectivity index (χ3v) is 6.05. The van der Waals surface area contributed by atoms with Crippen molar-refractivity contribution in [3.63, 3.8) is 0 Å². The first kappa shape index (κ1) is 24.4. The Bertz CT molecular complexity index is 1370. The summed E-state index contributed by atoms with van der Waals surface area (Å²) in [5.41, 5.74) is -1.12. The number of nitrogens with zero attached hydrogens (tertiary/aromatic N) is 2. The Morgan fingerprint density at radius 2 is 1.77 bits per heavy atom. The minimum atomic E-state index is -4.74. The van der Waals surface area contributed by atoms with Crippen LogP contribution in [0.5, 0.6) is 11.5 Å². The molecule has 0 saturated carbocycles. The van der Waals surface area contributed by atoms with Gasteiger partial charge >= 0.3 is 11.9 Å². The fourth-order valence-corrected chi connectivity index (χ4v) is 4.44. The summed E-state index contributed by atoms with van der Waals surface area (Å²) in [6.45, 7) is 0. The highest BCUT2D eigenvalue weighted by molar-refractivity contribution is 8.27. The van der Waals surface area contributed by atoms with Crippen LogP contribution < -0.4 is 9.64 Å². The molecule has 0 radical (unpaired) electrons. The molecule has 1 fully saturated rings. The highest BCUT2D eigenvalue weighted by atomic mass is 32.2. The lowest BCUT2D eigenvalue weighted by Gasteiger charge is -2.14. The number of benzene rings is 3. The van der Waals surface area contributed by atoms with Crippen LogP contribution in [-0.2, 0) is 11.0 Å². The lowest BCUT2D eigenvalue weighted by Crippen LogP contribution is -2.27. The molecule has 3 aromatic rings. The predicted molar refractivity (Wildman–Crippen MR) is 127 cm³/mol. The molecular formula is C23H12F4N2O4S2. The van der Waals surface area contributed by atoms with Crippen LogP contribution in [0.15, 0.2) is 71.6 Å². The Morgan fingerprint density at radius 3 is 2.40 bits per heavy atom. The third-order valence-electron chi connectivity index (χ3n) is 4.75. The number of carbonyl (C=O) groups excluding carboxylic acids is 1. The summed E-state index contributed by atoms with van der Waals surface area (Å²) >= 11 is 6.30. The largest absolute Gasteiger partial charge is 0.450 e. The van der Waals surface area contributed by atoms with E-state index in [0.717, 1.165) is 17.8 Å². The van der Waals surface area contributed by atoms with Gasteiger partial charge in [0, 0.05) is 6.07 Å². The van der Waals surface area contributed by atoms with E-state index in [2.05, 4.69) is 0 Å². The van der Waals surface area contributed by atoms with Gasteiger partial charge < -0.3 is 4.74 Å². The number of carbonyl (C=O) groups is 1. The second-order valence-corrected chi connectivity index (χ2v) is 8.78. The number of hydrogen-bond donors (Lipinski definition) is 0. The van der Waals surface area contributed by atoms with Gasteiger partial charge in [-0.1, -0.05) is 42.2 Å². The average Bonchev–Trinajstić information content (AvgIpc) is 3.07. The van der Waals surface area contributed by atoms with Crippen molar-refractivity contribution in [2.24, 2.45) is 0 Å². The molecule has 6 nitrogen and oxygen atoms in total. The van der Waals surface area contributed by atoms with E-state index in [-0.39, 0.29) is 15.8 Å². The van der Waals surface area contributed by atoms with Crippen molar-refractivity contribution in [3.05, 3.63) is 98.7 Å². The van der Waals surface area contributed by atoms with Crippen molar-refractivity contribution in [2.75, 3.05) is 4.90 Å². The SMILES string of the molecule is O=C1/C(=C\c2ccc(Oc3ccc(C(F)(F)F)cc3[N+](=O)[O-])cc2)SC(=S)N1c1cccc(F)c1. The zero-order chi connectivity index (χ0) is 25.3. The van der Waals surface area contributed by atoms with E-state index in [1.165, 1.54) is 35.2 Å². The quantitative estimate of drug-likeness (QED) is 0.119. The van der Waals surface area contributed by atoms with Crippen LogP contribution >= 0.6 is 24.0 Å². The Balaban J connectivity index is 1.54. The summed E-state index contributed by atoms with van der Waals surface area (Å²) in [5, 5.41) is 11.2. The van der Waals surface area contributed by atoms with Gasteiger partial charge in [0.15, 0.2) is 4.32 Å². The minimum Gasteiger partial charge on any atom is -0.450 e. The molecule has 4 rings (SSSR count). The molecule has 3 aromatic carbocycles. The van der Waals surface area contributed by atoms with E-state index >= 15 is 0 Å². The van der Waals surface area contributed by atoms with Crippen molar-refractivity contribution in [1.82, 2.24) is 0 Å². The second-order valence-electron chi connectivity index (χ2n) is 7.11. The van der Waals surface area contributed by atoms with E-state index in [1.54, 1.807) is 24.3 Å². The maximum absolute atomic E-state index is 13.6. The molecule has 1 saturated heterocycles. The van der Waals surface area contributed by atoms with E-state index in [9.17, 15) is 32.5 Å². The summed E-state index contributed by atoms with van der Waals surface area (Å²) in [5.74, 6) is -1.15. The first-order chi connectivity index (χ1) is 16.5. The lowest BCUT2D eigenvalue weighted by atomic mass is 10.1. The fourth-order valence-electron chi connectivity index (χ4n) is 3.14. The highest BCUT2D eigenvalue weighted by Crippen LogP contribution is 2.39. The zero-order valence-corrected chi connectivity index (χ0v) is 18.9. The average molecular weight is 520 g/mol. The Morgan fingerprint density at radius 1 is 1.06 bits per heavy atom. The third kappa shape index (κ3) is 5.33. The lowest BCUT2D eigenvalue weighted by molar-refractivity contribution is -0.385. The van der Waals surface area contributed by atoms with Crippen molar-refractivity contribution >= 4 is 51.7 Å². The molecule has 1 aliphatic heterocycles. The number of anilines is 1. The summed E-state index contributed by atoms with van der Waals surface area (Å²) in [4.78, 5) is 24.6. The van der Waals surface area contributed by atoms with Gasteiger partial charge in [0.2, 0.25) is 5.75 Å². The number of thiocarbonyl (C=S) groups is 1. The van der Waals surface area contributed by atoms with Crippen molar-refractivity contribution < 1.29 is 32.0 Å². The molecule has 0 spiro atoms. The van der Waals surface area contributed by atoms with Gasteiger partial charge in [0.05, 0.1) is 21.1 Å². The maximum atomic E-state index is 13.6. The van der Waals surface area contributed by atoms with Gasteiger partial charge in [-0.05, 0) is 54.1 Å². The molecule has 178 valence electrons. The number of thioether (sulfide) groups is 1. The first-order valence-electron chi connectivity index (χ1n) is 9.70. The number of rotatable bonds is 5. The van der Waals surface area contributed by atoms with E-state index in [4.69, 9.17) is 17.0 Å². The van der Waals surface area contributed by atoms with Crippen LogP contribution in [0.25, 0.3) is 6.08 Å². The van der Waals surface area contributed by atoms with Gasteiger partial charge in [0.25, 0.3) is 5.91 Å². The van der Waals surface area contributed by atoms with Gasteiger partial charge in [-0.15, -0.1) is 0 Å². The molecule has 0 N–H and O–H groups in total. The molecule has 0 aliphatic carbocycles. The number of halogens is 4. The van der Waals surface area contributed by atoms with Crippen molar-refractivity contribution in [3.8, 4) is 11.5 Å². The number of amides is 1. The molecule has 0 aromatic heterocycles. The van der Waals surface area contributed by atoms with Crippen LogP contribution in [0.1, 0.15) is 11.1 Å². The minimum absolute atomic E-state index is 0.136. The maximum Gasteiger partial charge on any atom is 0.416 e. The number of nitro benzene ring substituents is 1. The standard InChI is InChI=1S/C23H12F4N2O4S2/c24-15-2-1-3-16(12-15)28-21(30)20(35-22(28)34)10-13-4-7-17(8-5-13)33-19-9-6-14(23(25,26)27)11-18(19)29(31)32/h1-12H/b20-10+. The molecule has 1 aliphatic rings. The second kappa shape index (κ2) is 9.47. The number of alkyl halides is 3. The summed E-state index contributed by atoms with van der Waals surface area (Å²) in [6.07, 6.45) is -3.18. The molecule has 1 heterocycles. The molecular weight excluding hydrogens is 508 g/mol. The summed E-state index contributed by atoms with van der Waals surface area (Å²) in [6, 6.07) is 13.4. The van der Waals surface area contributed by atoms with Crippen LogP contribution in [0.2, 0.25) is 0 Å². The Kier molecular flexibility index (Phi) is 6.59. The predicted octanol–water partition coefficient (Wildman–Crippen LogP) is 6.95. The normalized spacial score (nSPS) is 15.1. The molecule has 0 atom stereocenters. The van der Waals surface area contributed by atoms with Gasteiger partial charge in [-0.2, -0.15) is 13.2 Å². The molecule has 12 heteroatoms. The molecule has 1 amide bonds. The van der Waals surface area contributed by atoms with Gasteiger partial charge in [0.1, 0.15) is 11.6 Å². The Hall–Kier alpha value is -3.77. The van der Waals surface area contributed by atoms with Crippen molar-refractivity contribution in [2.45, 2.75) is 6.18 Å². The van der Waals surface area contributed by atoms with E-state index < -0.39 is 34.1 Å². The summed E-state index contributed by atoms with van der Waals surface area (Å²) in [7, 11) is 0. The van der Waals surface area contributed by atoms with Crippen LogP contribution in [0.3, 0.4) is 0 Å². The van der Waals surface area contributed by atoms with Gasteiger partial charge in [-0.25, -0.2) is 4.39 Å². The first-order valence-corrected chi connectivity index (χ1v) is 10.9. The van der Waals surface area contributed by atoms with Crippen molar-refractivity contribution in [1.29, 1.82) is 0 Å². The summed E-state index contributed by atoms with van der Waals surface area (Å²) < 4.78 is 57.8. The highest BCUT2D eigenvalue weighted by Gasteiger charge is 2.34. The number of nitro groups is 1. The van der Waals surface area contributed by atoms with E-state index in [1.807, 2.05) is 0 Å². The van der Waals surface area contributed by atoms with Gasteiger partial charge in [-0.3, -0.25) is 19.8 Å². The van der Waals surface area contributed by atoms with Crippen LogP contribution in [0, 0.1) is 15.9 Å². The number of ether oxygens (including phenoxy) is 1. The topological polar surface area (TPSA) is 72.7 Å². The zero-order valence-electron chi connectivity index (χ0n) is 17.3. The molecule has 35 heavy (non-hydrogen) atoms. The van der Waals surface area contributed by atoms with Crippen LogP contribution in [0.4, 0.5) is 28.9 Å².